The molecule has 1 amide bonds. The highest BCUT2D eigenvalue weighted by molar-refractivity contribution is 7.92. The van der Waals surface area contributed by atoms with Crippen LogP contribution in [0.2, 0.25) is 0 Å². The maximum atomic E-state index is 13.8. The Morgan fingerprint density at radius 2 is 1.62 bits per heavy atom. The highest BCUT2D eigenvalue weighted by Crippen LogP contribution is 2.22. The van der Waals surface area contributed by atoms with Crippen LogP contribution in [-0.2, 0) is 14.8 Å². The minimum atomic E-state index is -3.78. The number of carbonyl (C=O) groups is 1. The summed E-state index contributed by atoms with van der Waals surface area (Å²) in [5.74, 6) is -1.02. The van der Waals surface area contributed by atoms with Gasteiger partial charge in [-0.25, -0.2) is 12.8 Å². The molecule has 0 aliphatic rings. The van der Waals surface area contributed by atoms with Gasteiger partial charge in [0.15, 0.2) is 17.7 Å². The molecular formula is C24H25FN2O4S. The van der Waals surface area contributed by atoms with Gasteiger partial charge in [0, 0.05) is 11.4 Å². The Bertz CT molecular complexity index is 1210. The third kappa shape index (κ3) is 5.64. The van der Waals surface area contributed by atoms with Gasteiger partial charge in [-0.1, -0.05) is 25.1 Å². The van der Waals surface area contributed by atoms with E-state index in [2.05, 4.69) is 10.0 Å². The van der Waals surface area contributed by atoms with Gasteiger partial charge in [-0.3, -0.25) is 9.52 Å². The molecule has 32 heavy (non-hydrogen) atoms. The van der Waals surface area contributed by atoms with E-state index < -0.39 is 27.9 Å². The van der Waals surface area contributed by atoms with Crippen molar-refractivity contribution in [3.05, 3.63) is 83.7 Å². The quantitative estimate of drug-likeness (QED) is 0.497. The number of carbonyl (C=O) groups excluding carboxylic acids is 1. The number of sulfonamides is 1. The molecule has 168 valence electrons. The number of hydrogen-bond acceptors (Lipinski definition) is 4. The third-order valence-electron chi connectivity index (χ3n) is 4.96. The minimum absolute atomic E-state index is 0.00615. The summed E-state index contributed by atoms with van der Waals surface area (Å²) in [6.07, 6.45) is -0.575. The molecule has 0 unspecified atom stereocenters. The zero-order valence-electron chi connectivity index (χ0n) is 18.1. The van der Waals surface area contributed by atoms with Crippen LogP contribution in [0.4, 0.5) is 15.8 Å². The number of amides is 1. The first-order chi connectivity index (χ1) is 15.2. The zero-order chi connectivity index (χ0) is 23.3. The Balaban J connectivity index is 1.68. The Labute approximate surface area is 187 Å². The third-order valence-corrected chi connectivity index (χ3v) is 6.36. The number of nitrogens with one attached hydrogen (secondary N) is 2. The average molecular weight is 457 g/mol. The molecule has 2 N–H and O–H groups in total. The minimum Gasteiger partial charge on any atom is -0.478 e. The summed E-state index contributed by atoms with van der Waals surface area (Å²) in [7, 11) is -3.78. The van der Waals surface area contributed by atoms with E-state index in [1.165, 1.54) is 42.5 Å². The summed E-state index contributed by atoms with van der Waals surface area (Å²) in [6.45, 7) is 5.61. The molecule has 8 heteroatoms. The number of benzene rings is 3. The van der Waals surface area contributed by atoms with Gasteiger partial charge in [0.2, 0.25) is 0 Å². The van der Waals surface area contributed by atoms with Gasteiger partial charge in [-0.15, -0.1) is 0 Å². The fraction of sp³-hybridized carbons (Fsp3) is 0.208. The van der Waals surface area contributed by atoms with E-state index in [1.807, 2.05) is 19.9 Å². The second-order valence-electron chi connectivity index (χ2n) is 7.36. The van der Waals surface area contributed by atoms with Crippen molar-refractivity contribution in [1.29, 1.82) is 0 Å². The predicted octanol–water partition coefficient (Wildman–Crippen LogP) is 5.04. The summed E-state index contributed by atoms with van der Waals surface area (Å²) in [6, 6.07) is 17.0. The Morgan fingerprint density at radius 3 is 2.25 bits per heavy atom. The summed E-state index contributed by atoms with van der Waals surface area (Å²) in [4.78, 5) is 12.6. The normalized spacial score (nSPS) is 12.1. The van der Waals surface area contributed by atoms with Gasteiger partial charge in [0.05, 0.1) is 4.90 Å². The molecule has 0 aromatic heterocycles. The lowest BCUT2D eigenvalue weighted by Crippen LogP contribution is -2.32. The van der Waals surface area contributed by atoms with Crippen LogP contribution in [-0.4, -0.2) is 20.4 Å². The first-order valence-electron chi connectivity index (χ1n) is 10.1. The van der Waals surface area contributed by atoms with Crippen LogP contribution in [0.3, 0.4) is 0 Å². The number of aryl methyl sites for hydroxylation is 2. The molecule has 0 spiro atoms. The molecule has 6 nitrogen and oxygen atoms in total. The summed E-state index contributed by atoms with van der Waals surface area (Å²) < 4.78 is 47.2. The van der Waals surface area contributed by atoms with E-state index in [4.69, 9.17) is 4.74 Å². The van der Waals surface area contributed by atoms with Crippen LogP contribution in [0.25, 0.3) is 0 Å². The molecule has 0 radical (unpaired) electrons. The standard InChI is InChI=1S/C24H25FN2O4S/c1-4-22(31-23-8-6-5-7-21(23)25)24(28)26-18-11-13-20(14-12-18)32(29,30)27-19-10-9-16(2)17(3)15-19/h5-15,22,27H,4H2,1-3H3,(H,26,28)/t22-/m1/s1. The average Bonchev–Trinajstić information content (AvgIpc) is 2.76. The van der Waals surface area contributed by atoms with Crippen molar-refractivity contribution in [2.75, 3.05) is 10.0 Å². The van der Waals surface area contributed by atoms with Crippen molar-refractivity contribution in [2.45, 2.75) is 38.2 Å². The molecule has 3 aromatic carbocycles. The van der Waals surface area contributed by atoms with E-state index in [1.54, 1.807) is 25.1 Å². The van der Waals surface area contributed by atoms with E-state index in [0.717, 1.165) is 11.1 Å². The largest absolute Gasteiger partial charge is 0.478 e. The molecule has 0 saturated heterocycles. The number of para-hydroxylation sites is 1. The molecule has 1 atom stereocenters. The first-order valence-corrected chi connectivity index (χ1v) is 11.6. The van der Waals surface area contributed by atoms with Crippen molar-refractivity contribution in [2.24, 2.45) is 0 Å². The highest BCUT2D eigenvalue weighted by Gasteiger charge is 2.21. The number of rotatable bonds is 8. The molecule has 0 heterocycles. The second-order valence-corrected chi connectivity index (χ2v) is 9.05. The van der Waals surface area contributed by atoms with Gasteiger partial charge >= 0.3 is 0 Å². The lowest BCUT2D eigenvalue weighted by molar-refractivity contribution is -0.122. The van der Waals surface area contributed by atoms with Crippen molar-refractivity contribution in [1.82, 2.24) is 0 Å². The van der Waals surface area contributed by atoms with Crippen LogP contribution < -0.4 is 14.8 Å². The second kappa shape index (κ2) is 9.82. The maximum absolute atomic E-state index is 13.8. The first kappa shape index (κ1) is 23.3. The molecule has 0 aliphatic carbocycles. The fourth-order valence-corrected chi connectivity index (χ4v) is 4.02. The van der Waals surface area contributed by atoms with Crippen LogP contribution in [0.5, 0.6) is 5.75 Å². The zero-order valence-corrected chi connectivity index (χ0v) is 18.9. The van der Waals surface area contributed by atoms with Crippen molar-refractivity contribution >= 4 is 27.3 Å². The lowest BCUT2D eigenvalue weighted by Gasteiger charge is -2.18. The van der Waals surface area contributed by atoms with Crippen LogP contribution in [0, 0.1) is 19.7 Å². The molecule has 3 rings (SSSR count). The van der Waals surface area contributed by atoms with Crippen LogP contribution in [0.15, 0.2) is 71.6 Å². The number of ether oxygens (including phenoxy) is 1. The van der Waals surface area contributed by atoms with Gasteiger partial charge in [0.25, 0.3) is 15.9 Å². The topological polar surface area (TPSA) is 84.5 Å². The van der Waals surface area contributed by atoms with E-state index in [9.17, 15) is 17.6 Å². The molecular weight excluding hydrogens is 431 g/mol. The number of anilines is 2. The van der Waals surface area contributed by atoms with Crippen molar-refractivity contribution in [3.8, 4) is 5.75 Å². The van der Waals surface area contributed by atoms with Crippen molar-refractivity contribution in [3.63, 3.8) is 0 Å². The monoisotopic (exact) mass is 456 g/mol. The van der Waals surface area contributed by atoms with Gasteiger partial charge in [0.1, 0.15) is 0 Å². The smallest absolute Gasteiger partial charge is 0.265 e. The van der Waals surface area contributed by atoms with Crippen LogP contribution >= 0.6 is 0 Å². The number of halogens is 1. The Kier molecular flexibility index (Phi) is 7.15. The van der Waals surface area contributed by atoms with Gasteiger partial charge in [-0.05, 0) is 79.9 Å². The fourth-order valence-electron chi connectivity index (χ4n) is 2.97. The summed E-state index contributed by atoms with van der Waals surface area (Å²) >= 11 is 0. The maximum Gasteiger partial charge on any atom is 0.265 e. The van der Waals surface area contributed by atoms with Crippen molar-refractivity contribution < 1.29 is 22.3 Å². The highest BCUT2D eigenvalue weighted by atomic mass is 32.2. The summed E-state index contributed by atoms with van der Waals surface area (Å²) in [5.41, 5.74) is 2.92. The predicted molar refractivity (Wildman–Crippen MR) is 123 cm³/mol. The Morgan fingerprint density at radius 1 is 0.969 bits per heavy atom. The molecule has 0 bridgehead atoms. The van der Waals surface area contributed by atoms with E-state index in [0.29, 0.717) is 17.8 Å². The van der Waals surface area contributed by atoms with E-state index in [-0.39, 0.29) is 10.6 Å². The van der Waals surface area contributed by atoms with Crippen LogP contribution in [0.1, 0.15) is 24.5 Å². The van der Waals surface area contributed by atoms with E-state index >= 15 is 0 Å². The Hall–Kier alpha value is -3.39. The number of hydrogen-bond donors (Lipinski definition) is 2. The van der Waals surface area contributed by atoms with Gasteiger partial charge < -0.3 is 10.1 Å². The molecule has 0 fully saturated rings. The lowest BCUT2D eigenvalue weighted by atomic mass is 10.1. The molecule has 3 aromatic rings. The molecule has 0 aliphatic heterocycles. The summed E-state index contributed by atoms with van der Waals surface area (Å²) in [5, 5.41) is 2.67. The van der Waals surface area contributed by atoms with Gasteiger partial charge in [-0.2, -0.15) is 0 Å². The SMILES string of the molecule is CC[C@@H](Oc1ccccc1F)C(=O)Nc1ccc(S(=O)(=O)Nc2ccc(C)c(C)c2)cc1. The molecule has 0 saturated carbocycles.